The number of aromatic nitrogens is 1. The fourth-order valence-corrected chi connectivity index (χ4v) is 1.90. The Bertz CT molecular complexity index is 590. The molecule has 0 aliphatic heterocycles. The molecule has 0 unspecified atom stereocenters. The molecule has 1 aromatic carbocycles. The molecule has 0 atom stereocenters. The van der Waals surface area contributed by atoms with Crippen LogP contribution in [0.1, 0.15) is 25.3 Å². The molecule has 2 aromatic rings. The number of rotatable bonds is 3. The first kappa shape index (κ1) is 12.1. The molecule has 0 saturated carbocycles. The van der Waals surface area contributed by atoms with Gasteiger partial charge in [0.05, 0.1) is 10.5 Å². The van der Waals surface area contributed by atoms with Crippen LogP contribution in [0.3, 0.4) is 0 Å². The third-order valence-electron chi connectivity index (χ3n) is 2.69. The van der Waals surface area contributed by atoms with Crippen LogP contribution in [0.15, 0.2) is 28.8 Å². The minimum Gasteiger partial charge on any atom is -0.367 e. The molecular formula is C12H13N3O3. The Kier molecular flexibility index (Phi) is 3.01. The monoisotopic (exact) mass is 247 g/mol. The van der Waals surface area contributed by atoms with E-state index in [1.54, 1.807) is 18.2 Å². The lowest BCUT2D eigenvalue weighted by Crippen LogP contribution is -1.97. The second-order valence-corrected chi connectivity index (χ2v) is 4.24. The largest absolute Gasteiger partial charge is 0.367 e. The summed E-state index contributed by atoms with van der Waals surface area (Å²) in [7, 11) is 0. The molecule has 94 valence electrons. The Morgan fingerprint density at radius 3 is 2.67 bits per heavy atom. The first-order valence-electron chi connectivity index (χ1n) is 5.51. The van der Waals surface area contributed by atoms with Gasteiger partial charge in [0, 0.05) is 11.6 Å². The summed E-state index contributed by atoms with van der Waals surface area (Å²) in [4.78, 5) is 10.6. The Balaban J connectivity index is 2.66. The molecule has 1 heterocycles. The normalized spacial score (nSPS) is 10.8. The molecule has 0 saturated heterocycles. The third kappa shape index (κ3) is 1.92. The van der Waals surface area contributed by atoms with Gasteiger partial charge in [-0.2, -0.15) is 0 Å². The average Bonchev–Trinajstić information content (AvgIpc) is 2.71. The van der Waals surface area contributed by atoms with Gasteiger partial charge in [0.15, 0.2) is 0 Å². The molecule has 0 fully saturated rings. The van der Waals surface area contributed by atoms with Crippen LogP contribution < -0.4 is 5.73 Å². The van der Waals surface area contributed by atoms with E-state index in [9.17, 15) is 10.1 Å². The maximum Gasteiger partial charge on any atom is 0.278 e. The van der Waals surface area contributed by atoms with Gasteiger partial charge in [-0.25, -0.2) is 0 Å². The van der Waals surface area contributed by atoms with E-state index in [0.29, 0.717) is 16.8 Å². The van der Waals surface area contributed by atoms with Crippen LogP contribution in [-0.2, 0) is 0 Å². The number of nitrogen functional groups attached to an aromatic ring is 1. The van der Waals surface area contributed by atoms with Gasteiger partial charge in [0.1, 0.15) is 5.69 Å². The lowest BCUT2D eigenvalue weighted by atomic mass is 9.98. The third-order valence-corrected chi connectivity index (χ3v) is 2.69. The lowest BCUT2D eigenvalue weighted by molar-refractivity contribution is -0.384. The summed E-state index contributed by atoms with van der Waals surface area (Å²) in [6.45, 7) is 3.86. The zero-order chi connectivity index (χ0) is 13.3. The predicted molar refractivity (Wildman–Crippen MR) is 67.1 cm³/mol. The van der Waals surface area contributed by atoms with Crippen LogP contribution in [0.2, 0.25) is 0 Å². The van der Waals surface area contributed by atoms with Crippen molar-refractivity contribution in [1.82, 2.24) is 5.16 Å². The standard InChI is InChI=1S/C12H13N3O3/c1-7(2)10-11(14-18-12(10)13)8-5-3-4-6-9(8)15(16)17/h3-7H,13H2,1-2H3. The van der Waals surface area contributed by atoms with Gasteiger partial charge in [-0.1, -0.05) is 31.1 Å². The van der Waals surface area contributed by atoms with Gasteiger partial charge >= 0.3 is 0 Å². The zero-order valence-corrected chi connectivity index (χ0v) is 10.1. The van der Waals surface area contributed by atoms with Crippen molar-refractivity contribution in [3.05, 3.63) is 39.9 Å². The second-order valence-electron chi connectivity index (χ2n) is 4.24. The predicted octanol–water partition coefficient (Wildman–Crippen LogP) is 2.96. The van der Waals surface area contributed by atoms with Crippen molar-refractivity contribution in [3.8, 4) is 11.3 Å². The highest BCUT2D eigenvalue weighted by atomic mass is 16.6. The highest BCUT2D eigenvalue weighted by molar-refractivity contribution is 5.75. The van der Waals surface area contributed by atoms with E-state index >= 15 is 0 Å². The van der Waals surface area contributed by atoms with Gasteiger partial charge in [0.25, 0.3) is 5.69 Å². The van der Waals surface area contributed by atoms with Crippen molar-refractivity contribution in [2.24, 2.45) is 0 Å². The van der Waals surface area contributed by atoms with E-state index in [1.165, 1.54) is 6.07 Å². The van der Waals surface area contributed by atoms with E-state index in [-0.39, 0.29) is 17.5 Å². The molecule has 1 aromatic heterocycles. The van der Waals surface area contributed by atoms with Crippen LogP contribution in [-0.4, -0.2) is 10.1 Å². The van der Waals surface area contributed by atoms with Crippen LogP contribution in [0.25, 0.3) is 11.3 Å². The number of nitrogens with two attached hydrogens (primary N) is 1. The van der Waals surface area contributed by atoms with Gasteiger partial charge in [-0.15, -0.1) is 0 Å². The van der Waals surface area contributed by atoms with E-state index in [1.807, 2.05) is 13.8 Å². The molecule has 2 rings (SSSR count). The number of nitrogens with zero attached hydrogens (tertiary/aromatic N) is 2. The van der Waals surface area contributed by atoms with Gasteiger partial charge < -0.3 is 10.3 Å². The molecule has 0 bridgehead atoms. The molecule has 6 heteroatoms. The van der Waals surface area contributed by atoms with E-state index < -0.39 is 4.92 Å². The zero-order valence-electron chi connectivity index (χ0n) is 10.1. The fourth-order valence-electron chi connectivity index (χ4n) is 1.90. The lowest BCUT2D eigenvalue weighted by Gasteiger charge is -2.05. The number of benzene rings is 1. The molecule has 2 N–H and O–H groups in total. The van der Waals surface area contributed by atoms with E-state index in [0.717, 1.165) is 0 Å². The van der Waals surface area contributed by atoms with Crippen molar-refractivity contribution in [1.29, 1.82) is 0 Å². The number of nitro benzene ring substituents is 1. The number of para-hydroxylation sites is 1. The van der Waals surface area contributed by atoms with Crippen LogP contribution in [0.5, 0.6) is 0 Å². The van der Waals surface area contributed by atoms with Crippen molar-refractivity contribution in [2.45, 2.75) is 19.8 Å². The fraction of sp³-hybridized carbons (Fsp3) is 0.250. The summed E-state index contributed by atoms with van der Waals surface area (Å²) in [5.41, 5.74) is 7.26. The van der Waals surface area contributed by atoms with Gasteiger partial charge in [-0.3, -0.25) is 10.1 Å². The SMILES string of the molecule is CC(C)c1c(-c2ccccc2[N+](=O)[O-])noc1N. The molecular weight excluding hydrogens is 234 g/mol. The summed E-state index contributed by atoms with van der Waals surface area (Å²) in [5.74, 6) is 0.282. The summed E-state index contributed by atoms with van der Waals surface area (Å²) in [5, 5.41) is 14.8. The number of anilines is 1. The average molecular weight is 247 g/mol. The van der Waals surface area contributed by atoms with Gasteiger partial charge in [0.2, 0.25) is 5.88 Å². The maximum atomic E-state index is 11.0. The quantitative estimate of drug-likeness (QED) is 0.664. The molecule has 0 aliphatic carbocycles. The van der Waals surface area contributed by atoms with E-state index in [4.69, 9.17) is 10.3 Å². The highest BCUT2D eigenvalue weighted by Crippen LogP contribution is 2.37. The highest BCUT2D eigenvalue weighted by Gasteiger charge is 2.24. The summed E-state index contributed by atoms with van der Waals surface area (Å²) in [6.07, 6.45) is 0. The first-order chi connectivity index (χ1) is 8.52. The summed E-state index contributed by atoms with van der Waals surface area (Å²) in [6, 6.07) is 6.41. The van der Waals surface area contributed by atoms with Gasteiger partial charge in [-0.05, 0) is 12.0 Å². The minimum absolute atomic E-state index is 0.00676. The molecule has 0 spiro atoms. The van der Waals surface area contributed by atoms with Crippen molar-refractivity contribution in [3.63, 3.8) is 0 Å². The van der Waals surface area contributed by atoms with Crippen molar-refractivity contribution in [2.75, 3.05) is 5.73 Å². The van der Waals surface area contributed by atoms with Crippen LogP contribution >= 0.6 is 0 Å². The first-order valence-corrected chi connectivity index (χ1v) is 5.51. The minimum atomic E-state index is -0.440. The topological polar surface area (TPSA) is 95.2 Å². The molecule has 0 radical (unpaired) electrons. The van der Waals surface area contributed by atoms with E-state index in [2.05, 4.69) is 5.16 Å². The van der Waals surface area contributed by atoms with Crippen LogP contribution in [0, 0.1) is 10.1 Å². The Morgan fingerprint density at radius 1 is 1.39 bits per heavy atom. The van der Waals surface area contributed by atoms with Crippen molar-refractivity contribution >= 4 is 11.6 Å². The number of nitro groups is 1. The van der Waals surface area contributed by atoms with Crippen molar-refractivity contribution < 1.29 is 9.45 Å². The second kappa shape index (κ2) is 4.48. The summed E-state index contributed by atoms with van der Waals surface area (Å²) >= 11 is 0. The number of hydrogen-bond acceptors (Lipinski definition) is 5. The Labute approximate surface area is 104 Å². The maximum absolute atomic E-state index is 11.0. The van der Waals surface area contributed by atoms with Crippen LogP contribution in [0.4, 0.5) is 11.6 Å². The molecule has 0 aliphatic rings. The summed E-state index contributed by atoms with van der Waals surface area (Å²) < 4.78 is 4.95. The Morgan fingerprint density at radius 2 is 2.06 bits per heavy atom. The molecule has 6 nitrogen and oxygen atoms in total. The Hall–Kier alpha value is -2.37. The molecule has 18 heavy (non-hydrogen) atoms. The molecule has 0 amide bonds. The smallest absolute Gasteiger partial charge is 0.278 e. The number of hydrogen-bond donors (Lipinski definition) is 1.